The Morgan fingerprint density at radius 3 is 2.74 bits per heavy atom. The molecule has 0 atom stereocenters. The van der Waals surface area contributed by atoms with Crippen molar-refractivity contribution < 1.29 is 9.53 Å². The summed E-state index contributed by atoms with van der Waals surface area (Å²) in [5, 5.41) is 4.02. The van der Waals surface area contributed by atoms with E-state index < -0.39 is 0 Å². The number of hydrogen-bond donors (Lipinski definition) is 2. The lowest BCUT2D eigenvalue weighted by Crippen LogP contribution is -2.14. The van der Waals surface area contributed by atoms with E-state index in [1.54, 1.807) is 25.3 Å². The Kier molecular flexibility index (Phi) is 6.42. The highest BCUT2D eigenvalue weighted by Crippen LogP contribution is 2.27. The van der Waals surface area contributed by atoms with Gasteiger partial charge in [-0.05, 0) is 30.7 Å². The molecule has 0 aliphatic rings. The zero-order valence-corrected chi connectivity index (χ0v) is 16.7. The van der Waals surface area contributed by atoms with Crippen molar-refractivity contribution in [2.75, 3.05) is 18.2 Å². The third-order valence-corrected chi connectivity index (χ3v) is 5.12. The van der Waals surface area contributed by atoms with Gasteiger partial charge >= 0.3 is 0 Å². The Hall–Kier alpha value is -2.44. The number of H-pyrrole nitrogens is 1. The van der Waals surface area contributed by atoms with E-state index in [0.717, 1.165) is 23.0 Å². The fourth-order valence-corrected chi connectivity index (χ4v) is 3.57. The second-order valence-electron chi connectivity index (χ2n) is 5.96. The summed E-state index contributed by atoms with van der Waals surface area (Å²) < 4.78 is 5.11. The molecule has 3 aromatic rings. The molecule has 0 saturated heterocycles. The summed E-state index contributed by atoms with van der Waals surface area (Å²) >= 11 is 7.44. The van der Waals surface area contributed by atoms with Crippen molar-refractivity contribution >= 4 is 35.0 Å². The average molecular weight is 402 g/mol. The lowest BCUT2D eigenvalue weighted by atomic mass is 10.1. The van der Waals surface area contributed by atoms with E-state index in [1.807, 2.05) is 25.1 Å². The first kappa shape index (κ1) is 19.3. The molecule has 7 heteroatoms. The van der Waals surface area contributed by atoms with Crippen LogP contribution in [0, 0.1) is 6.92 Å². The number of halogens is 1. The molecule has 0 radical (unpaired) electrons. The number of aromatic amines is 1. The topological polar surface area (TPSA) is 67.0 Å². The van der Waals surface area contributed by atoms with Gasteiger partial charge in [0.05, 0.1) is 23.6 Å². The molecular formula is C20H20ClN3O2S. The number of carbonyl (C=O) groups excluding carboxylic acids is 1. The fraction of sp³-hybridized carbons (Fsp3) is 0.200. The van der Waals surface area contributed by atoms with Crippen LogP contribution in [0.5, 0.6) is 5.75 Å². The third kappa shape index (κ3) is 5.28. The summed E-state index contributed by atoms with van der Waals surface area (Å²) in [6.07, 6.45) is 0.764. The number of aryl methyl sites for hydroxylation is 1. The number of hydrogen-bond acceptors (Lipinski definition) is 4. The van der Waals surface area contributed by atoms with Crippen molar-refractivity contribution in [3.05, 3.63) is 70.5 Å². The molecule has 0 aliphatic heterocycles. The summed E-state index contributed by atoms with van der Waals surface area (Å²) in [5.74, 6) is 0.697. The molecule has 1 aromatic heterocycles. The highest BCUT2D eigenvalue weighted by atomic mass is 35.5. The van der Waals surface area contributed by atoms with E-state index >= 15 is 0 Å². The summed E-state index contributed by atoms with van der Waals surface area (Å²) in [4.78, 5) is 20.0. The van der Waals surface area contributed by atoms with Gasteiger partial charge < -0.3 is 15.0 Å². The van der Waals surface area contributed by atoms with Crippen LogP contribution in [0.2, 0.25) is 5.02 Å². The molecule has 1 heterocycles. The Balaban J connectivity index is 1.56. The molecule has 0 bridgehead atoms. The standard InChI is InChI=1S/C20H20ClN3O2S/c1-13-17(10-14-6-4-3-5-7-14)24-20(22-13)27-12-19(25)23-15-8-9-18(26-2)16(21)11-15/h3-9,11H,10,12H2,1-2H3,(H,22,24)(H,23,25). The number of nitrogens with one attached hydrogen (secondary N) is 2. The van der Waals surface area contributed by atoms with Crippen LogP contribution >= 0.6 is 23.4 Å². The van der Waals surface area contributed by atoms with E-state index in [4.69, 9.17) is 16.3 Å². The smallest absolute Gasteiger partial charge is 0.234 e. The number of anilines is 1. The molecule has 2 N–H and O–H groups in total. The first-order chi connectivity index (χ1) is 13.0. The van der Waals surface area contributed by atoms with E-state index in [1.165, 1.54) is 17.3 Å². The number of rotatable bonds is 7. The number of aromatic nitrogens is 2. The van der Waals surface area contributed by atoms with Crippen molar-refractivity contribution in [1.29, 1.82) is 0 Å². The van der Waals surface area contributed by atoms with Crippen molar-refractivity contribution in [2.45, 2.75) is 18.5 Å². The monoisotopic (exact) mass is 401 g/mol. The quantitative estimate of drug-likeness (QED) is 0.563. The second-order valence-corrected chi connectivity index (χ2v) is 7.33. The summed E-state index contributed by atoms with van der Waals surface area (Å²) in [6, 6.07) is 15.3. The molecule has 3 rings (SSSR count). The van der Waals surface area contributed by atoms with Crippen LogP contribution in [-0.4, -0.2) is 28.7 Å². The lowest BCUT2D eigenvalue weighted by molar-refractivity contribution is -0.113. The number of thioether (sulfide) groups is 1. The van der Waals surface area contributed by atoms with Crippen LogP contribution in [0.1, 0.15) is 17.0 Å². The minimum Gasteiger partial charge on any atom is -0.495 e. The summed E-state index contributed by atoms with van der Waals surface area (Å²) in [7, 11) is 1.55. The molecule has 0 fully saturated rings. The number of methoxy groups -OCH3 is 1. The molecule has 0 spiro atoms. The zero-order chi connectivity index (χ0) is 19.2. The highest BCUT2D eigenvalue weighted by molar-refractivity contribution is 7.99. The van der Waals surface area contributed by atoms with Crippen LogP contribution in [0.25, 0.3) is 0 Å². The highest BCUT2D eigenvalue weighted by Gasteiger charge is 2.11. The van der Waals surface area contributed by atoms with Gasteiger partial charge in [0.15, 0.2) is 5.16 Å². The van der Waals surface area contributed by atoms with Gasteiger partial charge in [-0.15, -0.1) is 0 Å². The van der Waals surface area contributed by atoms with Gasteiger partial charge in [0, 0.05) is 17.8 Å². The molecule has 0 aliphatic carbocycles. The predicted molar refractivity (Wildman–Crippen MR) is 110 cm³/mol. The molecule has 27 heavy (non-hydrogen) atoms. The SMILES string of the molecule is COc1ccc(NC(=O)CSc2nc(Cc3ccccc3)c(C)[nH]2)cc1Cl. The molecule has 0 unspecified atom stereocenters. The molecular weight excluding hydrogens is 382 g/mol. The van der Waals surface area contributed by atoms with Crippen LogP contribution in [0.4, 0.5) is 5.69 Å². The van der Waals surface area contributed by atoms with Gasteiger partial charge in [0.1, 0.15) is 5.75 Å². The van der Waals surface area contributed by atoms with E-state index in [9.17, 15) is 4.79 Å². The van der Waals surface area contributed by atoms with E-state index in [0.29, 0.717) is 16.5 Å². The van der Waals surface area contributed by atoms with Crippen LogP contribution < -0.4 is 10.1 Å². The molecule has 5 nitrogen and oxygen atoms in total. The van der Waals surface area contributed by atoms with Crippen molar-refractivity contribution in [1.82, 2.24) is 9.97 Å². The number of ether oxygens (including phenoxy) is 1. The number of amides is 1. The third-order valence-electron chi connectivity index (χ3n) is 3.95. The van der Waals surface area contributed by atoms with Gasteiger partial charge in [0.2, 0.25) is 5.91 Å². The maximum absolute atomic E-state index is 12.2. The maximum Gasteiger partial charge on any atom is 0.234 e. The van der Waals surface area contributed by atoms with Gasteiger partial charge in [-0.1, -0.05) is 53.7 Å². The van der Waals surface area contributed by atoms with Gasteiger partial charge in [0.25, 0.3) is 0 Å². The number of nitrogens with zero attached hydrogens (tertiary/aromatic N) is 1. The predicted octanol–water partition coefficient (Wildman–Crippen LogP) is 4.70. The molecule has 0 saturated carbocycles. The van der Waals surface area contributed by atoms with E-state index in [-0.39, 0.29) is 11.7 Å². The fourth-order valence-electron chi connectivity index (χ4n) is 2.57. The van der Waals surface area contributed by atoms with Crippen LogP contribution in [-0.2, 0) is 11.2 Å². The Bertz CT molecular complexity index is 928. The van der Waals surface area contributed by atoms with Gasteiger partial charge in [-0.25, -0.2) is 4.98 Å². The zero-order valence-electron chi connectivity index (χ0n) is 15.1. The summed E-state index contributed by atoms with van der Waals surface area (Å²) in [5.41, 5.74) is 3.85. The Morgan fingerprint density at radius 1 is 1.26 bits per heavy atom. The second kappa shape index (κ2) is 8.97. The van der Waals surface area contributed by atoms with Gasteiger partial charge in [-0.3, -0.25) is 4.79 Å². The van der Waals surface area contributed by atoms with Crippen LogP contribution in [0.15, 0.2) is 53.7 Å². The van der Waals surface area contributed by atoms with E-state index in [2.05, 4.69) is 27.4 Å². The lowest BCUT2D eigenvalue weighted by Gasteiger charge is -2.07. The van der Waals surface area contributed by atoms with Crippen molar-refractivity contribution in [3.8, 4) is 5.75 Å². The maximum atomic E-state index is 12.2. The summed E-state index contributed by atoms with van der Waals surface area (Å²) in [6.45, 7) is 1.99. The van der Waals surface area contributed by atoms with Crippen molar-refractivity contribution in [3.63, 3.8) is 0 Å². The van der Waals surface area contributed by atoms with Crippen molar-refractivity contribution in [2.24, 2.45) is 0 Å². The Labute approximate surface area is 167 Å². The first-order valence-electron chi connectivity index (χ1n) is 8.40. The average Bonchev–Trinajstić information content (AvgIpc) is 3.00. The molecule has 140 valence electrons. The van der Waals surface area contributed by atoms with Gasteiger partial charge in [-0.2, -0.15) is 0 Å². The first-order valence-corrected chi connectivity index (χ1v) is 9.77. The minimum absolute atomic E-state index is 0.125. The minimum atomic E-state index is -0.125. The molecule has 1 amide bonds. The van der Waals surface area contributed by atoms with Crippen LogP contribution in [0.3, 0.4) is 0 Å². The Morgan fingerprint density at radius 2 is 2.04 bits per heavy atom. The number of carbonyl (C=O) groups is 1. The normalized spacial score (nSPS) is 10.6. The number of imidazole rings is 1. The largest absolute Gasteiger partial charge is 0.495 e. The number of benzene rings is 2. The molecule has 2 aromatic carbocycles.